The summed E-state index contributed by atoms with van der Waals surface area (Å²) in [6.07, 6.45) is 0. The lowest BCUT2D eigenvalue weighted by atomic mass is 10.6. The second-order valence-electron chi connectivity index (χ2n) is 2.12. The van der Waals surface area contributed by atoms with Crippen LogP contribution in [0.5, 0.6) is 0 Å². The van der Waals surface area contributed by atoms with E-state index in [9.17, 15) is 4.79 Å². The van der Waals surface area contributed by atoms with E-state index < -0.39 is 5.97 Å². The largest absolute Gasteiger partial charge is 0.481 e. The molecule has 1 N–H and O–H groups in total. The first kappa shape index (κ1) is 11.7. The minimum atomic E-state index is -0.825. The van der Waals surface area contributed by atoms with E-state index in [1.807, 2.05) is 18.7 Å². The minimum Gasteiger partial charge on any atom is -0.481 e. The van der Waals surface area contributed by atoms with E-state index in [1.54, 1.807) is 0 Å². The van der Waals surface area contributed by atoms with E-state index in [0.717, 1.165) is 13.1 Å². The van der Waals surface area contributed by atoms with Crippen LogP contribution in [0.2, 0.25) is 0 Å². The highest BCUT2D eigenvalue weighted by Gasteiger charge is 2.07. The predicted molar refractivity (Wildman–Crippen MR) is 55.6 cm³/mol. The second kappa shape index (κ2) is 6.25. The Morgan fingerprint density at radius 2 is 2.00 bits per heavy atom. The molecule has 0 amide bonds. The van der Waals surface area contributed by atoms with Gasteiger partial charge in [-0.05, 0) is 13.8 Å². The van der Waals surface area contributed by atoms with Crippen LogP contribution >= 0.6 is 24.0 Å². The van der Waals surface area contributed by atoms with Gasteiger partial charge in [0.1, 0.15) is 4.32 Å². The highest BCUT2D eigenvalue weighted by Crippen LogP contribution is 2.08. The van der Waals surface area contributed by atoms with Crippen LogP contribution in [-0.4, -0.2) is 39.1 Å². The number of thiocarbonyl (C=S) groups is 1. The van der Waals surface area contributed by atoms with Crippen molar-refractivity contribution < 1.29 is 9.90 Å². The van der Waals surface area contributed by atoms with Crippen molar-refractivity contribution in [3.8, 4) is 0 Å². The molecule has 12 heavy (non-hydrogen) atoms. The van der Waals surface area contributed by atoms with E-state index in [2.05, 4.69) is 0 Å². The summed E-state index contributed by atoms with van der Waals surface area (Å²) in [5, 5.41) is 8.39. The standard InChI is InChI=1S/C7H13NO2S2/c1-3-8(4-2)7(11)12-5-6(9)10/h3-5H2,1-2H3,(H,9,10). The molecule has 0 rings (SSSR count). The van der Waals surface area contributed by atoms with E-state index >= 15 is 0 Å². The van der Waals surface area contributed by atoms with Crippen LogP contribution < -0.4 is 0 Å². The Balaban J connectivity index is 3.77. The molecule has 0 spiro atoms. The van der Waals surface area contributed by atoms with Crippen LogP contribution in [0.1, 0.15) is 13.8 Å². The van der Waals surface area contributed by atoms with Crippen LogP contribution in [0.15, 0.2) is 0 Å². The molecule has 0 fully saturated rings. The normalized spacial score (nSPS) is 9.50. The summed E-state index contributed by atoms with van der Waals surface area (Å²) in [4.78, 5) is 12.2. The van der Waals surface area contributed by atoms with E-state index in [1.165, 1.54) is 11.8 Å². The zero-order chi connectivity index (χ0) is 9.56. The number of thioether (sulfide) groups is 1. The minimum absolute atomic E-state index is 0.0509. The van der Waals surface area contributed by atoms with Gasteiger partial charge in [0.2, 0.25) is 0 Å². The Morgan fingerprint density at radius 3 is 2.33 bits per heavy atom. The van der Waals surface area contributed by atoms with Gasteiger partial charge < -0.3 is 10.0 Å². The maximum atomic E-state index is 10.2. The van der Waals surface area contributed by atoms with Crippen LogP contribution in [0.3, 0.4) is 0 Å². The number of aliphatic carboxylic acids is 1. The molecule has 0 aromatic carbocycles. The van der Waals surface area contributed by atoms with Crippen molar-refractivity contribution in [2.75, 3.05) is 18.8 Å². The van der Waals surface area contributed by atoms with Crippen LogP contribution in [0.4, 0.5) is 0 Å². The smallest absolute Gasteiger partial charge is 0.313 e. The number of hydrogen-bond acceptors (Lipinski definition) is 3. The molecule has 0 aromatic heterocycles. The zero-order valence-corrected chi connectivity index (χ0v) is 8.87. The van der Waals surface area contributed by atoms with Gasteiger partial charge in [0.25, 0.3) is 0 Å². The molecule has 0 radical (unpaired) electrons. The molecule has 0 aliphatic heterocycles. The number of carbonyl (C=O) groups is 1. The summed E-state index contributed by atoms with van der Waals surface area (Å²) in [7, 11) is 0. The molecular formula is C7H13NO2S2. The number of carboxylic acid groups (broad SMARTS) is 1. The maximum Gasteiger partial charge on any atom is 0.313 e. The van der Waals surface area contributed by atoms with Crippen molar-refractivity contribution in [2.24, 2.45) is 0 Å². The first-order valence-corrected chi connectivity index (χ1v) is 5.14. The third-order valence-electron chi connectivity index (χ3n) is 1.34. The summed E-state index contributed by atoms with van der Waals surface area (Å²) in [5.41, 5.74) is 0. The van der Waals surface area contributed by atoms with Gasteiger partial charge in [-0.15, -0.1) is 0 Å². The Morgan fingerprint density at radius 1 is 1.50 bits per heavy atom. The van der Waals surface area contributed by atoms with Gasteiger partial charge in [-0.3, -0.25) is 4.79 Å². The van der Waals surface area contributed by atoms with Crippen molar-refractivity contribution in [1.82, 2.24) is 4.90 Å². The molecule has 0 aromatic rings. The monoisotopic (exact) mass is 207 g/mol. The third kappa shape index (κ3) is 4.56. The highest BCUT2D eigenvalue weighted by molar-refractivity contribution is 8.23. The van der Waals surface area contributed by atoms with Gasteiger partial charge in [0.05, 0.1) is 5.75 Å². The summed E-state index contributed by atoms with van der Waals surface area (Å²) in [6.45, 7) is 5.66. The van der Waals surface area contributed by atoms with Crippen molar-refractivity contribution >= 4 is 34.3 Å². The fourth-order valence-electron chi connectivity index (χ4n) is 0.697. The summed E-state index contributed by atoms with van der Waals surface area (Å²) < 4.78 is 0.669. The lowest BCUT2D eigenvalue weighted by Gasteiger charge is -2.20. The van der Waals surface area contributed by atoms with Gasteiger partial charge in [-0.25, -0.2) is 0 Å². The van der Waals surface area contributed by atoms with Gasteiger partial charge in [-0.2, -0.15) is 0 Å². The molecule has 3 nitrogen and oxygen atoms in total. The number of hydrogen-bond donors (Lipinski definition) is 1. The fourth-order valence-corrected chi connectivity index (χ4v) is 1.82. The van der Waals surface area contributed by atoms with Crippen molar-refractivity contribution in [3.05, 3.63) is 0 Å². The number of rotatable bonds is 4. The summed E-state index contributed by atoms with van der Waals surface area (Å²) >= 11 is 6.22. The van der Waals surface area contributed by atoms with Crippen molar-refractivity contribution in [3.63, 3.8) is 0 Å². The lowest BCUT2D eigenvalue weighted by Crippen LogP contribution is -2.27. The number of carboxylic acids is 1. The average molecular weight is 207 g/mol. The Bertz CT molecular complexity index is 169. The van der Waals surface area contributed by atoms with Gasteiger partial charge in [0.15, 0.2) is 0 Å². The van der Waals surface area contributed by atoms with Crippen LogP contribution in [0, 0.1) is 0 Å². The molecule has 0 atom stereocenters. The molecule has 0 saturated heterocycles. The summed E-state index contributed by atoms with van der Waals surface area (Å²) in [6, 6.07) is 0. The Hall–Kier alpha value is -0.290. The number of nitrogens with zero attached hydrogens (tertiary/aromatic N) is 1. The third-order valence-corrected chi connectivity index (χ3v) is 2.85. The molecule has 0 aliphatic carbocycles. The maximum absolute atomic E-state index is 10.2. The predicted octanol–water partition coefficient (Wildman–Crippen LogP) is 1.43. The molecule has 0 aliphatic rings. The Kier molecular flexibility index (Phi) is 6.10. The first-order chi connectivity index (χ1) is 5.61. The molecule has 5 heteroatoms. The molecule has 0 heterocycles. The quantitative estimate of drug-likeness (QED) is 0.706. The van der Waals surface area contributed by atoms with E-state index in [-0.39, 0.29) is 5.75 Å². The molecule has 0 unspecified atom stereocenters. The lowest BCUT2D eigenvalue weighted by molar-refractivity contribution is -0.133. The van der Waals surface area contributed by atoms with Gasteiger partial charge in [-0.1, -0.05) is 24.0 Å². The topological polar surface area (TPSA) is 40.5 Å². The molecule has 0 bridgehead atoms. The molecule has 70 valence electrons. The second-order valence-corrected chi connectivity index (χ2v) is 3.73. The van der Waals surface area contributed by atoms with Gasteiger partial charge >= 0.3 is 5.97 Å². The zero-order valence-electron chi connectivity index (χ0n) is 7.24. The average Bonchev–Trinajstić information content (AvgIpc) is 2.03. The molecular weight excluding hydrogens is 194 g/mol. The van der Waals surface area contributed by atoms with Crippen LogP contribution in [0.25, 0.3) is 0 Å². The van der Waals surface area contributed by atoms with E-state index in [4.69, 9.17) is 17.3 Å². The fraction of sp³-hybridized carbons (Fsp3) is 0.714. The SMILES string of the molecule is CCN(CC)C(=S)SCC(=O)O. The highest BCUT2D eigenvalue weighted by atomic mass is 32.2. The first-order valence-electron chi connectivity index (χ1n) is 3.75. The molecule has 0 saturated carbocycles. The summed E-state index contributed by atoms with van der Waals surface area (Å²) in [5.74, 6) is -0.774. The van der Waals surface area contributed by atoms with E-state index in [0.29, 0.717) is 4.32 Å². The van der Waals surface area contributed by atoms with Crippen molar-refractivity contribution in [1.29, 1.82) is 0 Å². The van der Waals surface area contributed by atoms with Gasteiger partial charge in [0, 0.05) is 13.1 Å². The van der Waals surface area contributed by atoms with Crippen LogP contribution in [-0.2, 0) is 4.79 Å². The van der Waals surface area contributed by atoms with Crippen molar-refractivity contribution in [2.45, 2.75) is 13.8 Å². The Labute approximate surface area is 82.1 Å².